The van der Waals surface area contributed by atoms with Crippen LogP contribution in [-0.2, 0) is 16.2 Å². The van der Waals surface area contributed by atoms with Gasteiger partial charge in [0.2, 0.25) is 10.0 Å². The lowest BCUT2D eigenvalue weighted by atomic mass is 10.0. The van der Waals surface area contributed by atoms with Gasteiger partial charge >= 0.3 is 6.18 Å². The zero-order valence-electron chi connectivity index (χ0n) is 15.4. The molecule has 154 valence electrons. The van der Waals surface area contributed by atoms with Crippen molar-refractivity contribution in [2.24, 2.45) is 5.73 Å². The Bertz CT molecular complexity index is 1110. The van der Waals surface area contributed by atoms with E-state index in [-0.39, 0.29) is 23.7 Å². The van der Waals surface area contributed by atoms with Gasteiger partial charge in [-0.1, -0.05) is 42.0 Å². The fourth-order valence-corrected chi connectivity index (χ4v) is 4.27. The van der Waals surface area contributed by atoms with Crippen molar-refractivity contribution in [2.45, 2.75) is 18.0 Å². The number of nitrogens with one attached hydrogen (secondary N) is 1. The maximum absolute atomic E-state index is 13.0. The summed E-state index contributed by atoms with van der Waals surface area (Å²) in [6, 6.07) is 12.5. The average molecular weight is 424 g/mol. The van der Waals surface area contributed by atoms with E-state index in [1.165, 1.54) is 6.07 Å². The molecule has 1 heterocycles. The van der Waals surface area contributed by atoms with Crippen molar-refractivity contribution >= 4 is 10.0 Å². The number of hydrogen-bond donors (Lipinski definition) is 2. The van der Waals surface area contributed by atoms with Crippen molar-refractivity contribution in [1.82, 2.24) is 14.5 Å². The fraction of sp³-hybridized carbons (Fsp3) is 0.211. The summed E-state index contributed by atoms with van der Waals surface area (Å²) in [6.45, 7) is 1.95. The molecule has 0 saturated carbocycles. The fourth-order valence-electron chi connectivity index (χ4n) is 2.82. The zero-order valence-corrected chi connectivity index (χ0v) is 16.3. The molecule has 3 aromatic rings. The highest BCUT2D eigenvalue weighted by molar-refractivity contribution is 7.89. The van der Waals surface area contributed by atoms with Gasteiger partial charge in [-0.15, -0.1) is 0 Å². The quantitative estimate of drug-likeness (QED) is 0.636. The van der Waals surface area contributed by atoms with Crippen LogP contribution in [0.5, 0.6) is 0 Å². The number of halogens is 3. The molecule has 0 amide bonds. The second-order valence-corrected chi connectivity index (χ2v) is 8.05. The molecule has 3 N–H and O–H groups in total. The molecule has 0 spiro atoms. The Morgan fingerprint density at radius 1 is 1.10 bits per heavy atom. The number of benzene rings is 2. The zero-order chi connectivity index (χ0) is 21.2. The Labute approximate surface area is 166 Å². The van der Waals surface area contributed by atoms with Crippen LogP contribution in [0.4, 0.5) is 13.2 Å². The minimum atomic E-state index is -4.64. The Morgan fingerprint density at radius 3 is 2.38 bits per heavy atom. The van der Waals surface area contributed by atoms with Crippen LogP contribution in [0.3, 0.4) is 0 Å². The van der Waals surface area contributed by atoms with E-state index in [1.54, 1.807) is 24.3 Å². The Kier molecular flexibility index (Phi) is 5.78. The maximum Gasteiger partial charge on any atom is 0.435 e. The molecule has 6 nitrogen and oxygen atoms in total. The standard InChI is InChI=1S/C19H19F3N4O2S/c1-13-5-7-14(8-6-13)15-3-2-4-16(18(15)29(27,28)24-11-10-23)26-12-9-17(25-26)19(20,21)22/h2-9,12,24H,10-11,23H2,1H3. The summed E-state index contributed by atoms with van der Waals surface area (Å²) in [5.74, 6) is 0. The second kappa shape index (κ2) is 7.97. The van der Waals surface area contributed by atoms with Crippen LogP contribution < -0.4 is 10.5 Å². The van der Waals surface area contributed by atoms with E-state index in [0.717, 1.165) is 22.5 Å². The van der Waals surface area contributed by atoms with Crippen LogP contribution >= 0.6 is 0 Å². The van der Waals surface area contributed by atoms with Gasteiger partial charge in [0.05, 0.1) is 5.69 Å². The van der Waals surface area contributed by atoms with Crippen LogP contribution in [0.15, 0.2) is 59.6 Å². The normalized spacial score (nSPS) is 12.3. The third-order valence-corrected chi connectivity index (χ3v) is 5.74. The molecule has 2 aromatic carbocycles. The number of nitrogens with two attached hydrogens (primary N) is 1. The third kappa shape index (κ3) is 4.50. The minimum Gasteiger partial charge on any atom is -0.329 e. The van der Waals surface area contributed by atoms with Crippen molar-refractivity contribution in [1.29, 1.82) is 0 Å². The van der Waals surface area contributed by atoms with Crippen molar-refractivity contribution in [3.63, 3.8) is 0 Å². The van der Waals surface area contributed by atoms with Gasteiger partial charge in [-0.25, -0.2) is 17.8 Å². The predicted molar refractivity (Wildman–Crippen MR) is 103 cm³/mol. The van der Waals surface area contributed by atoms with Gasteiger partial charge in [-0.2, -0.15) is 18.3 Å². The van der Waals surface area contributed by atoms with E-state index in [2.05, 4.69) is 9.82 Å². The molecule has 0 fully saturated rings. The van der Waals surface area contributed by atoms with E-state index in [0.29, 0.717) is 11.1 Å². The highest BCUT2D eigenvalue weighted by atomic mass is 32.2. The molecule has 1 aromatic heterocycles. The minimum absolute atomic E-state index is 0.00287. The predicted octanol–water partition coefficient (Wildman–Crippen LogP) is 3.10. The molecule has 0 unspecified atom stereocenters. The lowest BCUT2D eigenvalue weighted by molar-refractivity contribution is -0.141. The molecule has 0 bridgehead atoms. The second-order valence-electron chi connectivity index (χ2n) is 6.35. The van der Waals surface area contributed by atoms with Crippen molar-refractivity contribution in [2.75, 3.05) is 13.1 Å². The van der Waals surface area contributed by atoms with Crippen LogP contribution in [0.1, 0.15) is 11.3 Å². The van der Waals surface area contributed by atoms with Crippen molar-refractivity contribution in [3.8, 4) is 16.8 Å². The smallest absolute Gasteiger partial charge is 0.329 e. The van der Waals surface area contributed by atoms with Gasteiger partial charge in [-0.3, -0.25) is 0 Å². The summed E-state index contributed by atoms with van der Waals surface area (Å²) >= 11 is 0. The molecule has 0 atom stereocenters. The van der Waals surface area contributed by atoms with Crippen LogP contribution in [0.2, 0.25) is 0 Å². The Hall–Kier alpha value is -2.69. The van der Waals surface area contributed by atoms with Crippen LogP contribution in [0, 0.1) is 6.92 Å². The lowest BCUT2D eigenvalue weighted by Gasteiger charge is -2.16. The maximum atomic E-state index is 13.0. The monoisotopic (exact) mass is 424 g/mol. The first kappa shape index (κ1) is 21.0. The summed E-state index contributed by atoms with van der Waals surface area (Å²) in [6.07, 6.45) is -3.56. The summed E-state index contributed by atoms with van der Waals surface area (Å²) < 4.78 is 68.3. The molecule has 0 aliphatic carbocycles. The number of aryl methyl sites for hydroxylation is 1. The summed E-state index contributed by atoms with van der Waals surface area (Å²) in [5, 5.41) is 3.53. The lowest BCUT2D eigenvalue weighted by Crippen LogP contribution is -2.30. The molecule has 29 heavy (non-hydrogen) atoms. The summed E-state index contributed by atoms with van der Waals surface area (Å²) in [5.41, 5.74) is 6.23. The summed E-state index contributed by atoms with van der Waals surface area (Å²) in [7, 11) is -4.09. The first-order chi connectivity index (χ1) is 13.6. The van der Waals surface area contributed by atoms with Gasteiger partial charge in [0.1, 0.15) is 4.90 Å². The summed E-state index contributed by atoms with van der Waals surface area (Å²) in [4.78, 5) is -0.172. The first-order valence-electron chi connectivity index (χ1n) is 8.66. The van der Waals surface area contributed by atoms with Crippen LogP contribution in [-0.4, -0.2) is 31.3 Å². The molecular weight excluding hydrogens is 405 g/mol. The average Bonchev–Trinajstić information content (AvgIpc) is 3.17. The van der Waals surface area contributed by atoms with Gasteiger partial charge in [0, 0.05) is 24.8 Å². The number of nitrogens with zero attached hydrogens (tertiary/aromatic N) is 2. The van der Waals surface area contributed by atoms with Gasteiger partial charge < -0.3 is 5.73 Å². The Morgan fingerprint density at radius 2 is 1.79 bits per heavy atom. The highest BCUT2D eigenvalue weighted by Crippen LogP contribution is 2.34. The van der Waals surface area contributed by atoms with Crippen molar-refractivity contribution < 1.29 is 21.6 Å². The topological polar surface area (TPSA) is 90.0 Å². The number of aromatic nitrogens is 2. The van der Waals surface area contributed by atoms with Gasteiger partial charge in [0.15, 0.2) is 5.69 Å². The SMILES string of the molecule is Cc1ccc(-c2cccc(-n3ccc(C(F)(F)F)n3)c2S(=O)(=O)NCCN)cc1. The first-order valence-corrected chi connectivity index (χ1v) is 10.1. The number of hydrogen-bond acceptors (Lipinski definition) is 4. The molecule has 0 aliphatic rings. The van der Waals surface area contributed by atoms with Gasteiger partial charge in [0.25, 0.3) is 0 Å². The molecule has 0 aliphatic heterocycles. The largest absolute Gasteiger partial charge is 0.435 e. The molecule has 0 saturated heterocycles. The number of rotatable bonds is 6. The van der Waals surface area contributed by atoms with E-state index in [1.807, 2.05) is 19.1 Å². The van der Waals surface area contributed by atoms with Crippen molar-refractivity contribution in [3.05, 3.63) is 66.0 Å². The third-order valence-electron chi connectivity index (χ3n) is 4.19. The van der Waals surface area contributed by atoms with E-state index >= 15 is 0 Å². The molecule has 3 rings (SSSR count). The molecule has 10 heteroatoms. The molecule has 0 radical (unpaired) electrons. The highest BCUT2D eigenvalue weighted by Gasteiger charge is 2.34. The van der Waals surface area contributed by atoms with Gasteiger partial charge in [-0.05, 0) is 24.6 Å². The van der Waals surface area contributed by atoms with E-state index < -0.39 is 21.9 Å². The Balaban J connectivity index is 2.25. The number of alkyl halides is 3. The van der Waals surface area contributed by atoms with E-state index in [9.17, 15) is 21.6 Å². The number of sulfonamides is 1. The molecular formula is C19H19F3N4O2S. The van der Waals surface area contributed by atoms with E-state index in [4.69, 9.17) is 5.73 Å². The van der Waals surface area contributed by atoms with Crippen LogP contribution in [0.25, 0.3) is 16.8 Å².